The molecular formula is C30H45I3O6. The van der Waals surface area contributed by atoms with Crippen LogP contribution >= 0.6 is 67.8 Å². The molecule has 0 heterocycles. The molecule has 39 heavy (non-hydrogen) atoms. The van der Waals surface area contributed by atoms with Gasteiger partial charge in [-0.15, -0.1) is 0 Å². The molecule has 9 heteroatoms. The maximum Gasteiger partial charge on any atom is 0.314 e. The van der Waals surface area contributed by atoms with Crippen molar-refractivity contribution in [1.82, 2.24) is 0 Å². The minimum Gasteiger partial charge on any atom is -0.424 e. The van der Waals surface area contributed by atoms with Gasteiger partial charge < -0.3 is 14.2 Å². The van der Waals surface area contributed by atoms with E-state index in [1.54, 1.807) is 0 Å². The van der Waals surface area contributed by atoms with Crippen LogP contribution in [0.15, 0.2) is 0 Å². The summed E-state index contributed by atoms with van der Waals surface area (Å²) in [6.07, 6.45) is 10.1. The molecule has 6 nitrogen and oxygen atoms in total. The Morgan fingerprint density at radius 2 is 0.744 bits per heavy atom. The van der Waals surface area contributed by atoms with Crippen LogP contribution in [0, 0.1) is 28.5 Å². The molecule has 0 saturated heterocycles. The fraction of sp³-hybridized carbons (Fsp3) is 0.700. The number of benzene rings is 1. The highest BCUT2D eigenvalue weighted by molar-refractivity contribution is 14.1. The van der Waals surface area contributed by atoms with E-state index in [1.165, 1.54) is 0 Å². The Morgan fingerprint density at radius 1 is 0.513 bits per heavy atom. The van der Waals surface area contributed by atoms with E-state index in [4.69, 9.17) is 14.2 Å². The van der Waals surface area contributed by atoms with Gasteiger partial charge >= 0.3 is 17.9 Å². The van der Waals surface area contributed by atoms with Crippen molar-refractivity contribution in [3.8, 4) is 17.2 Å². The third-order valence-corrected chi connectivity index (χ3v) is 9.94. The highest BCUT2D eigenvalue weighted by Crippen LogP contribution is 2.46. The zero-order chi connectivity index (χ0) is 29.5. The summed E-state index contributed by atoms with van der Waals surface area (Å²) in [5, 5.41) is 0. The van der Waals surface area contributed by atoms with Gasteiger partial charge in [-0.1, -0.05) is 80.1 Å². The second-order valence-electron chi connectivity index (χ2n) is 9.93. The predicted molar refractivity (Wildman–Crippen MR) is 181 cm³/mol. The fourth-order valence-corrected chi connectivity index (χ4v) is 8.06. The maximum absolute atomic E-state index is 13.2. The molecule has 0 aliphatic carbocycles. The molecule has 0 aromatic heterocycles. The fourth-order valence-electron chi connectivity index (χ4n) is 4.24. The second-order valence-corrected chi connectivity index (χ2v) is 13.2. The quantitative estimate of drug-likeness (QED) is 0.0831. The molecule has 0 fully saturated rings. The molecule has 0 N–H and O–H groups in total. The van der Waals surface area contributed by atoms with Crippen LogP contribution in [-0.2, 0) is 14.4 Å². The van der Waals surface area contributed by atoms with E-state index in [0.717, 1.165) is 57.8 Å². The van der Waals surface area contributed by atoms with Crippen molar-refractivity contribution in [2.45, 2.75) is 119 Å². The number of hydrogen-bond acceptors (Lipinski definition) is 6. The van der Waals surface area contributed by atoms with Crippen molar-refractivity contribution >= 4 is 85.7 Å². The summed E-state index contributed by atoms with van der Waals surface area (Å²) in [7, 11) is 0. The number of hydrogen-bond donors (Lipinski definition) is 0. The third kappa shape index (κ3) is 11.2. The minimum absolute atomic E-state index is 0.232. The number of ether oxygens (including phenoxy) is 3. The molecule has 0 amide bonds. The topological polar surface area (TPSA) is 78.9 Å². The second kappa shape index (κ2) is 19.9. The summed E-state index contributed by atoms with van der Waals surface area (Å²) in [6, 6.07) is 0. The first-order chi connectivity index (χ1) is 18.6. The Bertz CT molecular complexity index is 809. The zero-order valence-corrected chi connectivity index (χ0v) is 30.8. The molecule has 0 aliphatic heterocycles. The number of halogens is 3. The SMILES string of the molecule is CCCCC(CC)C(=O)Oc1c(I)c(OC(=O)C(CC)CCCC)c(I)c(OC(=O)C(CC)CCCC)c1I. The lowest BCUT2D eigenvalue weighted by Crippen LogP contribution is -2.24. The highest BCUT2D eigenvalue weighted by Gasteiger charge is 2.32. The lowest BCUT2D eigenvalue weighted by Gasteiger charge is -2.22. The van der Waals surface area contributed by atoms with E-state index in [9.17, 15) is 14.4 Å². The van der Waals surface area contributed by atoms with Crippen molar-refractivity contribution in [2.75, 3.05) is 0 Å². The largest absolute Gasteiger partial charge is 0.424 e. The van der Waals surface area contributed by atoms with E-state index in [1.807, 2.05) is 20.8 Å². The average Bonchev–Trinajstić information content (AvgIpc) is 2.92. The van der Waals surface area contributed by atoms with Crippen molar-refractivity contribution in [2.24, 2.45) is 17.8 Å². The Balaban J connectivity index is 3.56. The number of rotatable bonds is 18. The van der Waals surface area contributed by atoms with Crippen molar-refractivity contribution in [3.63, 3.8) is 0 Å². The Hall–Kier alpha value is -0.180. The Morgan fingerprint density at radius 3 is 0.923 bits per heavy atom. The molecule has 0 aliphatic rings. The van der Waals surface area contributed by atoms with Crippen LogP contribution in [0.2, 0.25) is 0 Å². The molecule has 0 saturated carbocycles. The maximum atomic E-state index is 13.2. The summed E-state index contributed by atoms with van der Waals surface area (Å²) >= 11 is 6.22. The molecule has 0 bridgehead atoms. The van der Waals surface area contributed by atoms with Gasteiger partial charge in [-0.3, -0.25) is 14.4 Å². The van der Waals surface area contributed by atoms with Crippen LogP contribution in [0.4, 0.5) is 0 Å². The van der Waals surface area contributed by atoms with Gasteiger partial charge in [0.25, 0.3) is 0 Å². The van der Waals surface area contributed by atoms with Crippen molar-refractivity contribution in [1.29, 1.82) is 0 Å². The predicted octanol–water partition coefficient (Wildman–Crippen LogP) is 9.87. The molecule has 1 aromatic carbocycles. The first kappa shape index (κ1) is 36.8. The standard InChI is InChI=1S/C30H45I3O6/c1-7-13-16-19(10-4)28(34)37-25-22(31)26(38-29(35)20(11-5)17-14-8-2)24(33)27(23(25)32)39-30(36)21(12-6)18-15-9-3/h19-21H,7-18H2,1-6H3. The molecule has 0 spiro atoms. The Kier molecular flexibility index (Phi) is 18.8. The lowest BCUT2D eigenvalue weighted by molar-refractivity contribution is -0.139. The molecule has 222 valence electrons. The summed E-state index contributed by atoms with van der Waals surface area (Å²) in [5.74, 6) is -0.801. The summed E-state index contributed by atoms with van der Waals surface area (Å²) in [4.78, 5) is 39.6. The van der Waals surface area contributed by atoms with Gasteiger partial charge in [-0.2, -0.15) is 0 Å². The molecule has 0 radical (unpaired) electrons. The van der Waals surface area contributed by atoms with Gasteiger partial charge in [0.05, 0.1) is 17.8 Å². The van der Waals surface area contributed by atoms with Gasteiger partial charge in [0.1, 0.15) is 10.7 Å². The van der Waals surface area contributed by atoms with Crippen LogP contribution in [0.1, 0.15) is 119 Å². The lowest BCUT2D eigenvalue weighted by atomic mass is 9.99. The molecule has 1 aromatic rings. The van der Waals surface area contributed by atoms with Crippen LogP contribution in [-0.4, -0.2) is 17.9 Å². The van der Waals surface area contributed by atoms with Gasteiger partial charge in [0.2, 0.25) is 0 Å². The summed E-state index contributed by atoms with van der Waals surface area (Å²) in [6.45, 7) is 12.2. The van der Waals surface area contributed by atoms with Gasteiger partial charge in [-0.25, -0.2) is 0 Å². The molecular weight excluding hydrogens is 837 g/mol. The van der Waals surface area contributed by atoms with E-state index >= 15 is 0 Å². The Labute approximate surface area is 276 Å². The molecule has 3 atom stereocenters. The monoisotopic (exact) mass is 882 g/mol. The van der Waals surface area contributed by atoms with E-state index < -0.39 is 0 Å². The van der Waals surface area contributed by atoms with Gasteiger partial charge in [0.15, 0.2) is 17.2 Å². The molecule has 3 unspecified atom stereocenters. The summed E-state index contributed by atoms with van der Waals surface area (Å²) < 4.78 is 19.5. The number of carbonyl (C=O) groups excluding carboxylic acids is 3. The van der Waals surface area contributed by atoms with E-state index in [2.05, 4.69) is 88.5 Å². The number of carbonyl (C=O) groups is 3. The van der Waals surface area contributed by atoms with Gasteiger partial charge in [-0.05, 0) is 106 Å². The first-order valence-electron chi connectivity index (χ1n) is 14.5. The smallest absolute Gasteiger partial charge is 0.314 e. The number of unbranched alkanes of at least 4 members (excludes halogenated alkanes) is 3. The molecule has 1 rings (SSSR count). The number of esters is 3. The van der Waals surface area contributed by atoms with Gasteiger partial charge in [0, 0.05) is 0 Å². The summed E-state index contributed by atoms with van der Waals surface area (Å²) in [5.41, 5.74) is 0. The third-order valence-electron chi connectivity index (χ3n) is 7.00. The first-order valence-corrected chi connectivity index (χ1v) is 17.7. The van der Waals surface area contributed by atoms with Crippen molar-refractivity contribution < 1.29 is 28.6 Å². The van der Waals surface area contributed by atoms with Crippen LogP contribution in [0.3, 0.4) is 0 Å². The van der Waals surface area contributed by atoms with Crippen LogP contribution in [0.25, 0.3) is 0 Å². The van der Waals surface area contributed by atoms with Crippen LogP contribution < -0.4 is 14.2 Å². The van der Waals surface area contributed by atoms with Crippen molar-refractivity contribution in [3.05, 3.63) is 10.7 Å². The highest BCUT2D eigenvalue weighted by atomic mass is 127. The normalized spacial score (nSPS) is 13.5. The average molecular weight is 882 g/mol. The van der Waals surface area contributed by atoms with E-state index in [-0.39, 0.29) is 52.9 Å². The van der Waals surface area contributed by atoms with Crippen LogP contribution in [0.5, 0.6) is 17.2 Å². The minimum atomic E-state index is -0.318. The zero-order valence-electron chi connectivity index (χ0n) is 24.3. The van der Waals surface area contributed by atoms with E-state index in [0.29, 0.717) is 30.0 Å².